The molecule has 3 heteroatoms. The average Bonchev–Trinajstić information content (AvgIpc) is 2.62. The molecule has 1 heterocycles. The first-order chi connectivity index (χ1) is 11.7. The van der Waals surface area contributed by atoms with Gasteiger partial charge in [-0.1, -0.05) is 60.5 Å². The van der Waals surface area contributed by atoms with Crippen molar-refractivity contribution in [2.75, 3.05) is 20.2 Å². The van der Waals surface area contributed by atoms with Gasteiger partial charge in [-0.2, -0.15) is 0 Å². The van der Waals surface area contributed by atoms with Crippen LogP contribution < -0.4 is 0 Å². The number of halogens is 1. The van der Waals surface area contributed by atoms with Gasteiger partial charge in [0.25, 0.3) is 0 Å². The summed E-state index contributed by atoms with van der Waals surface area (Å²) >= 11 is 6.04. The molecule has 0 saturated carbocycles. The van der Waals surface area contributed by atoms with Crippen LogP contribution in [0.4, 0.5) is 0 Å². The van der Waals surface area contributed by atoms with E-state index in [0.29, 0.717) is 6.04 Å². The SMILES string of the molecule is CN1CCCCC1CCOC(c1ccccc1)c1ccc(Cl)cc1. The molecule has 1 fully saturated rings. The number of hydrogen-bond donors (Lipinski definition) is 0. The van der Waals surface area contributed by atoms with Gasteiger partial charge < -0.3 is 9.64 Å². The van der Waals surface area contributed by atoms with Gasteiger partial charge in [0.2, 0.25) is 0 Å². The van der Waals surface area contributed by atoms with Crippen LogP contribution >= 0.6 is 11.6 Å². The molecule has 0 N–H and O–H groups in total. The normalized spacial score (nSPS) is 20.0. The predicted octanol–water partition coefficient (Wildman–Crippen LogP) is 5.32. The van der Waals surface area contributed by atoms with Crippen molar-refractivity contribution >= 4 is 11.6 Å². The van der Waals surface area contributed by atoms with Crippen LogP contribution in [0.5, 0.6) is 0 Å². The zero-order valence-corrected chi connectivity index (χ0v) is 15.1. The molecule has 1 aliphatic heterocycles. The van der Waals surface area contributed by atoms with E-state index < -0.39 is 0 Å². The lowest BCUT2D eigenvalue weighted by molar-refractivity contribution is 0.0545. The molecule has 0 spiro atoms. The van der Waals surface area contributed by atoms with Crippen LogP contribution in [0.3, 0.4) is 0 Å². The molecule has 1 saturated heterocycles. The highest BCUT2D eigenvalue weighted by molar-refractivity contribution is 6.30. The first-order valence-corrected chi connectivity index (χ1v) is 9.24. The minimum absolute atomic E-state index is 0.0302. The Hall–Kier alpha value is -1.35. The Morgan fingerprint density at radius 3 is 2.46 bits per heavy atom. The Morgan fingerprint density at radius 1 is 1.04 bits per heavy atom. The zero-order valence-electron chi connectivity index (χ0n) is 14.3. The summed E-state index contributed by atoms with van der Waals surface area (Å²) in [5.41, 5.74) is 2.35. The fourth-order valence-electron chi connectivity index (χ4n) is 3.48. The summed E-state index contributed by atoms with van der Waals surface area (Å²) in [5.74, 6) is 0. The molecular weight excluding hydrogens is 318 g/mol. The van der Waals surface area contributed by atoms with E-state index in [2.05, 4.69) is 48.3 Å². The number of hydrogen-bond acceptors (Lipinski definition) is 2. The maximum Gasteiger partial charge on any atom is 0.108 e. The monoisotopic (exact) mass is 343 g/mol. The van der Waals surface area contributed by atoms with E-state index in [-0.39, 0.29) is 6.10 Å². The first kappa shape index (κ1) is 17.5. The van der Waals surface area contributed by atoms with Crippen molar-refractivity contribution in [2.45, 2.75) is 37.8 Å². The Labute approximate surface area is 150 Å². The van der Waals surface area contributed by atoms with E-state index in [0.717, 1.165) is 23.6 Å². The van der Waals surface area contributed by atoms with Crippen LogP contribution in [0.2, 0.25) is 5.02 Å². The summed E-state index contributed by atoms with van der Waals surface area (Å²) in [7, 11) is 2.23. The van der Waals surface area contributed by atoms with Crippen LogP contribution in [0.15, 0.2) is 54.6 Å². The molecule has 0 bridgehead atoms. The van der Waals surface area contributed by atoms with E-state index in [1.54, 1.807) is 0 Å². The Bertz CT molecular complexity index is 613. The third kappa shape index (κ3) is 4.60. The van der Waals surface area contributed by atoms with Gasteiger partial charge in [-0.3, -0.25) is 0 Å². The average molecular weight is 344 g/mol. The number of nitrogens with zero attached hydrogens (tertiary/aromatic N) is 1. The summed E-state index contributed by atoms with van der Waals surface area (Å²) in [6.07, 6.45) is 5.02. The van der Waals surface area contributed by atoms with Gasteiger partial charge in [0.15, 0.2) is 0 Å². The number of ether oxygens (including phenoxy) is 1. The van der Waals surface area contributed by atoms with Gasteiger partial charge >= 0.3 is 0 Å². The molecule has 2 atom stereocenters. The second-order valence-electron chi connectivity index (χ2n) is 6.63. The fraction of sp³-hybridized carbons (Fsp3) is 0.429. The van der Waals surface area contributed by atoms with E-state index in [4.69, 9.17) is 16.3 Å². The summed E-state index contributed by atoms with van der Waals surface area (Å²) in [6, 6.07) is 19.1. The molecule has 3 rings (SSSR count). The zero-order chi connectivity index (χ0) is 16.8. The van der Waals surface area contributed by atoms with Gasteiger partial charge in [0, 0.05) is 17.7 Å². The van der Waals surface area contributed by atoms with Crippen LogP contribution in [-0.4, -0.2) is 31.1 Å². The quantitative estimate of drug-likeness (QED) is 0.703. The summed E-state index contributed by atoms with van der Waals surface area (Å²) in [4.78, 5) is 2.48. The van der Waals surface area contributed by atoms with Crippen molar-refractivity contribution in [3.63, 3.8) is 0 Å². The van der Waals surface area contributed by atoms with E-state index in [1.807, 2.05) is 18.2 Å². The van der Waals surface area contributed by atoms with Crippen molar-refractivity contribution in [3.8, 4) is 0 Å². The van der Waals surface area contributed by atoms with Gasteiger partial charge in [-0.05, 0) is 56.1 Å². The van der Waals surface area contributed by atoms with Crippen LogP contribution in [0.25, 0.3) is 0 Å². The number of piperidine rings is 1. The molecule has 2 unspecified atom stereocenters. The third-order valence-corrected chi connectivity index (χ3v) is 5.18. The van der Waals surface area contributed by atoms with Crippen LogP contribution in [-0.2, 0) is 4.74 Å². The molecule has 1 aliphatic rings. The van der Waals surface area contributed by atoms with Crippen LogP contribution in [0, 0.1) is 0 Å². The summed E-state index contributed by atoms with van der Waals surface area (Å²) in [5, 5.41) is 0.759. The minimum Gasteiger partial charge on any atom is -0.369 e. The summed E-state index contributed by atoms with van der Waals surface area (Å²) in [6.45, 7) is 1.99. The molecule has 2 nitrogen and oxygen atoms in total. The highest BCUT2D eigenvalue weighted by atomic mass is 35.5. The lowest BCUT2D eigenvalue weighted by Gasteiger charge is -2.32. The van der Waals surface area contributed by atoms with Crippen molar-refractivity contribution < 1.29 is 4.74 Å². The number of rotatable bonds is 6. The van der Waals surface area contributed by atoms with Crippen LogP contribution in [0.1, 0.15) is 42.9 Å². The molecule has 0 radical (unpaired) electrons. The largest absolute Gasteiger partial charge is 0.369 e. The maximum absolute atomic E-state index is 6.34. The second-order valence-corrected chi connectivity index (χ2v) is 7.07. The summed E-state index contributed by atoms with van der Waals surface area (Å²) < 4.78 is 6.34. The van der Waals surface area contributed by atoms with Gasteiger partial charge in [0.05, 0.1) is 0 Å². The van der Waals surface area contributed by atoms with Crippen molar-refractivity contribution in [1.82, 2.24) is 4.90 Å². The highest BCUT2D eigenvalue weighted by Gasteiger charge is 2.20. The molecule has 2 aromatic carbocycles. The molecule has 128 valence electrons. The topological polar surface area (TPSA) is 12.5 Å². The predicted molar refractivity (Wildman–Crippen MR) is 101 cm³/mol. The molecule has 0 aromatic heterocycles. The Morgan fingerprint density at radius 2 is 1.75 bits per heavy atom. The molecule has 2 aromatic rings. The van der Waals surface area contributed by atoms with Gasteiger partial charge in [-0.15, -0.1) is 0 Å². The van der Waals surface area contributed by atoms with Crippen molar-refractivity contribution in [1.29, 1.82) is 0 Å². The smallest absolute Gasteiger partial charge is 0.108 e. The van der Waals surface area contributed by atoms with E-state index >= 15 is 0 Å². The maximum atomic E-state index is 6.34. The molecule has 0 amide bonds. The Kier molecular flexibility index (Phi) is 6.30. The van der Waals surface area contributed by atoms with E-state index in [9.17, 15) is 0 Å². The Balaban J connectivity index is 1.67. The fourth-order valence-corrected chi connectivity index (χ4v) is 3.61. The van der Waals surface area contributed by atoms with Crippen molar-refractivity contribution in [3.05, 3.63) is 70.7 Å². The lowest BCUT2D eigenvalue weighted by atomic mass is 9.99. The molecular formula is C21H26ClNO. The molecule has 24 heavy (non-hydrogen) atoms. The second kappa shape index (κ2) is 8.66. The number of likely N-dealkylation sites (tertiary alicyclic amines) is 1. The number of benzene rings is 2. The van der Waals surface area contributed by atoms with E-state index in [1.165, 1.54) is 31.4 Å². The lowest BCUT2D eigenvalue weighted by Crippen LogP contribution is -2.37. The van der Waals surface area contributed by atoms with Gasteiger partial charge in [0.1, 0.15) is 6.10 Å². The van der Waals surface area contributed by atoms with Gasteiger partial charge in [-0.25, -0.2) is 0 Å². The minimum atomic E-state index is -0.0302. The van der Waals surface area contributed by atoms with Crippen molar-refractivity contribution in [2.24, 2.45) is 0 Å². The third-order valence-electron chi connectivity index (χ3n) is 4.93. The first-order valence-electron chi connectivity index (χ1n) is 8.86. The standard InChI is InChI=1S/C21H26ClNO/c1-23-15-6-5-9-20(23)14-16-24-21(17-7-3-2-4-8-17)18-10-12-19(22)13-11-18/h2-4,7-8,10-13,20-21H,5-6,9,14-16H2,1H3. The highest BCUT2D eigenvalue weighted by Crippen LogP contribution is 2.28. The molecule has 0 aliphatic carbocycles.